The van der Waals surface area contributed by atoms with Crippen molar-refractivity contribution in [2.75, 3.05) is 19.6 Å². The lowest BCUT2D eigenvalue weighted by molar-refractivity contribution is -0.132. The minimum Gasteiger partial charge on any atom is -0.478 e. The summed E-state index contributed by atoms with van der Waals surface area (Å²) in [5, 5.41) is 17.3. The van der Waals surface area contributed by atoms with E-state index in [1.165, 1.54) is 0 Å². The smallest absolute Gasteiger partial charge is 0.337 e. The highest BCUT2D eigenvalue weighted by atomic mass is 16.4. The van der Waals surface area contributed by atoms with E-state index < -0.39 is 5.97 Å². The first-order valence-corrected chi connectivity index (χ1v) is 7.64. The number of aliphatic carboxylic acids is 1. The summed E-state index contributed by atoms with van der Waals surface area (Å²) in [7, 11) is 0. The molecule has 1 atom stereocenters. The molecule has 1 unspecified atom stereocenters. The molecule has 3 aliphatic rings. The van der Waals surface area contributed by atoms with Gasteiger partial charge in [-0.3, -0.25) is 0 Å². The van der Waals surface area contributed by atoms with Crippen molar-refractivity contribution >= 4 is 5.97 Å². The van der Waals surface area contributed by atoms with Crippen molar-refractivity contribution in [3.05, 3.63) is 59.9 Å². The van der Waals surface area contributed by atoms with E-state index in [4.69, 9.17) is 0 Å². The molecule has 0 saturated carbocycles. The lowest BCUT2D eigenvalue weighted by Crippen LogP contribution is -2.28. The van der Waals surface area contributed by atoms with Gasteiger partial charge in [0.2, 0.25) is 0 Å². The van der Waals surface area contributed by atoms with Gasteiger partial charge in [0.25, 0.3) is 0 Å². The second-order valence-corrected chi connectivity index (χ2v) is 5.82. The van der Waals surface area contributed by atoms with E-state index in [1.54, 1.807) is 12.3 Å². The topological polar surface area (TPSA) is 74.5 Å². The second kappa shape index (κ2) is 5.42. The van der Waals surface area contributed by atoms with Crippen molar-refractivity contribution in [2.24, 2.45) is 0 Å². The van der Waals surface area contributed by atoms with Gasteiger partial charge in [0.1, 0.15) is 0 Å². The van der Waals surface area contributed by atoms with Crippen molar-refractivity contribution in [1.29, 1.82) is 0 Å². The third-order valence-electron chi connectivity index (χ3n) is 4.46. The first-order chi connectivity index (χ1) is 11.2. The molecule has 0 radical (unpaired) electrons. The molecule has 1 fully saturated rings. The minimum absolute atomic E-state index is 0.309. The third kappa shape index (κ3) is 2.44. The summed E-state index contributed by atoms with van der Waals surface area (Å²) in [4.78, 5) is 15.6. The van der Waals surface area contributed by atoms with Crippen LogP contribution in [0.15, 0.2) is 59.9 Å². The van der Waals surface area contributed by atoms with Gasteiger partial charge >= 0.3 is 5.97 Å². The van der Waals surface area contributed by atoms with Crippen LogP contribution in [0.5, 0.6) is 0 Å². The predicted molar refractivity (Wildman–Crippen MR) is 83.0 cm³/mol. The molecule has 0 aromatic carbocycles. The van der Waals surface area contributed by atoms with Crippen LogP contribution in [0.4, 0.5) is 0 Å². The monoisotopic (exact) mass is 311 g/mol. The van der Waals surface area contributed by atoms with Gasteiger partial charge in [0.05, 0.1) is 23.5 Å². The Morgan fingerprint density at radius 3 is 3.04 bits per heavy atom. The number of carbonyl (C=O) groups is 1. The molecule has 4 rings (SSSR count). The van der Waals surface area contributed by atoms with E-state index in [9.17, 15) is 9.90 Å². The molecule has 23 heavy (non-hydrogen) atoms. The van der Waals surface area contributed by atoms with E-state index in [0.29, 0.717) is 18.2 Å². The molecule has 4 heterocycles. The molecule has 7 heteroatoms. The summed E-state index contributed by atoms with van der Waals surface area (Å²) in [5.74, 6) is -0.895. The van der Waals surface area contributed by atoms with Crippen LogP contribution in [0.25, 0.3) is 0 Å². The lowest BCUT2D eigenvalue weighted by atomic mass is 10.1. The van der Waals surface area contributed by atoms with Crippen molar-refractivity contribution in [2.45, 2.75) is 12.5 Å². The second-order valence-electron chi connectivity index (χ2n) is 5.82. The maximum atomic E-state index is 11.4. The van der Waals surface area contributed by atoms with E-state index in [1.807, 2.05) is 40.2 Å². The normalized spacial score (nSPS) is 23.3. The minimum atomic E-state index is -0.895. The molecule has 1 aromatic heterocycles. The van der Waals surface area contributed by atoms with Gasteiger partial charge in [-0.15, -0.1) is 5.10 Å². The number of fused-ring (bicyclic) bond motifs is 1. The van der Waals surface area contributed by atoms with Crippen LogP contribution < -0.4 is 0 Å². The van der Waals surface area contributed by atoms with Crippen LogP contribution in [0.2, 0.25) is 0 Å². The average Bonchev–Trinajstić information content (AvgIpc) is 3.24. The predicted octanol–water partition coefficient (Wildman–Crippen LogP) is 1.15. The van der Waals surface area contributed by atoms with Crippen LogP contribution in [-0.2, 0) is 4.79 Å². The fourth-order valence-electron chi connectivity index (χ4n) is 3.26. The average molecular weight is 311 g/mol. The number of rotatable bonds is 3. The molecule has 0 amide bonds. The van der Waals surface area contributed by atoms with Crippen molar-refractivity contribution < 1.29 is 9.90 Å². The Bertz CT molecular complexity index is 745. The first-order valence-electron chi connectivity index (χ1n) is 7.64. The standard InChI is InChI=1S/C16H17N5O2/c22-16(23)14-2-1-6-19-7-3-12(10-15(14)19)20-8-4-13(11-20)21-9-5-17-18-21/h1-3,5,7,9-10,13H,4,6,8,11H2,(H,22,23). The van der Waals surface area contributed by atoms with Crippen molar-refractivity contribution in [1.82, 2.24) is 24.8 Å². The summed E-state index contributed by atoms with van der Waals surface area (Å²) in [6, 6.07) is 0.309. The number of hydrogen-bond donors (Lipinski definition) is 1. The fourth-order valence-corrected chi connectivity index (χ4v) is 3.26. The Balaban J connectivity index is 1.59. The zero-order chi connectivity index (χ0) is 15.8. The highest BCUT2D eigenvalue weighted by Gasteiger charge is 2.28. The third-order valence-corrected chi connectivity index (χ3v) is 4.46. The molecule has 0 aliphatic carbocycles. The first kappa shape index (κ1) is 13.8. The Labute approximate surface area is 133 Å². The highest BCUT2D eigenvalue weighted by molar-refractivity contribution is 5.91. The molecule has 118 valence electrons. The van der Waals surface area contributed by atoms with Gasteiger partial charge in [0, 0.05) is 37.7 Å². The molecule has 0 bridgehead atoms. The van der Waals surface area contributed by atoms with Gasteiger partial charge in [-0.1, -0.05) is 11.3 Å². The molecule has 3 aliphatic heterocycles. The van der Waals surface area contributed by atoms with Gasteiger partial charge < -0.3 is 14.9 Å². The van der Waals surface area contributed by atoms with E-state index >= 15 is 0 Å². The van der Waals surface area contributed by atoms with Gasteiger partial charge in [-0.25, -0.2) is 9.48 Å². The van der Waals surface area contributed by atoms with Crippen molar-refractivity contribution in [3.8, 4) is 0 Å². The van der Waals surface area contributed by atoms with E-state index in [0.717, 1.165) is 30.9 Å². The number of carboxylic acids is 1. The highest BCUT2D eigenvalue weighted by Crippen LogP contribution is 2.30. The molecule has 7 nitrogen and oxygen atoms in total. The lowest BCUT2D eigenvalue weighted by Gasteiger charge is -2.31. The van der Waals surface area contributed by atoms with Gasteiger partial charge in [0.15, 0.2) is 0 Å². The van der Waals surface area contributed by atoms with Crippen LogP contribution >= 0.6 is 0 Å². The van der Waals surface area contributed by atoms with E-state index in [2.05, 4.69) is 15.2 Å². The maximum absolute atomic E-state index is 11.4. The van der Waals surface area contributed by atoms with Crippen molar-refractivity contribution in [3.63, 3.8) is 0 Å². The molecule has 1 saturated heterocycles. The van der Waals surface area contributed by atoms with Crippen LogP contribution in [0, 0.1) is 0 Å². The molecule has 1 aromatic rings. The molecular weight excluding hydrogens is 294 g/mol. The number of carboxylic acid groups (broad SMARTS) is 1. The Hall–Kier alpha value is -2.83. The summed E-state index contributed by atoms with van der Waals surface area (Å²) in [6.07, 6.45) is 14.1. The number of hydrogen-bond acceptors (Lipinski definition) is 5. The number of likely N-dealkylation sites (tertiary alicyclic amines) is 1. The van der Waals surface area contributed by atoms with Gasteiger partial charge in [-0.05, 0) is 24.6 Å². The Morgan fingerprint density at radius 2 is 2.26 bits per heavy atom. The zero-order valence-corrected chi connectivity index (χ0v) is 12.5. The summed E-state index contributed by atoms with van der Waals surface area (Å²) in [5.41, 5.74) is 2.14. The maximum Gasteiger partial charge on any atom is 0.337 e. The molecular formula is C16H17N5O2. The SMILES string of the molecule is O=C(O)C1=C2C=C(N3CCC(n4ccnn4)C3)C=CN2CC=C1. The summed E-state index contributed by atoms with van der Waals surface area (Å²) >= 11 is 0. The molecule has 0 spiro atoms. The number of allylic oxidation sites excluding steroid dienone is 2. The largest absolute Gasteiger partial charge is 0.478 e. The zero-order valence-electron chi connectivity index (χ0n) is 12.5. The Morgan fingerprint density at radius 1 is 1.35 bits per heavy atom. The summed E-state index contributed by atoms with van der Waals surface area (Å²) < 4.78 is 1.89. The molecule has 1 N–H and O–H groups in total. The van der Waals surface area contributed by atoms with E-state index in [-0.39, 0.29) is 0 Å². The fraction of sp³-hybridized carbons (Fsp3) is 0.312. The van der Waals surface area contributed by atoms with Crippen LogP contribution in [0.1, 0.15) is 12.5 Å². The van der Waals surface area contributed by atoms with Crippen LogP contribution in [-0.4, -0.2) is 55.5 Å². The number of nitrogens with zero attached hydrogens (tertiary/aromatic N) is 5. The number of aromatic nitrogens is 3. The van der Waals surface area contributed by atoms with Gasteiger partial charge in [-0.2, -0.15) is 0 Å². The van der Waals surface area contributed by atoms with Crippen LogP contribution in [0.3, 0.4) is 0 Å². The summed E-state index contributed by atoms with van der Waals surface area (Å²) in [6.45, 7) is 2.48. The Kier molecular flexibility index (Phi) is 3.25. The quantitative estimate of drug-likeness (QED) is 0.902.